The normalized spacial score (nSPS) is 12.6. The summed E-state index contributed by atoms with van der Waals surface area (Å²) in [5.41, 5.74) is 1.50. The number of aromatic nitrogens is 1. The Kier molecular flexibility index (Phi) is 4.65. The molecule has 3 N–H and O–H groups in total. The molecule has 0 spiro atoms. The number of nitrogens with one attached hydrogen (secondary N) is 2. The smallest absolute Gasteiger partial charge is 0.253 e. The van der Waals surface area contributed by atoms with E-state index in [0.717, 1.165) is 19.8 Å². The molecule has 6 heteroatoms. The van der Waals surface area contributed by atoms with E-state index in [9.17, 15) is 4.79 Å². The van der Waals surface area contributed by atoms with Gasteiger partial charge < -0.3 is 15.4 Å². The fourth-order valence-electron chi connectivity index (χ4n) is 1.87. The molecule has 1 aromatic carbocycles. The molecule has 0 radical (unpaired) electrons. The molecule has 1 atom stereocenters. The van der Waals surface area contributed by atoms with Gasteiger partial charge in [0.1, 0.15) is 0 Å². The highest BCUT2D eigenvalue weighted by Gasteiger charge is 2.15. The molecule has 0 saturated heterocycles. The summed E-state index contributed by atoms with van der Waals surface area (Å²) < 4.78 is 1.83. The van der Waals surface area contributed by atoms with Gasteiger partial charge in [0.2, 0.25) is 0 Å². The molecule has 0 saturated carbocycles. The van der Waals surface area contributed by atoms with E-state index in [1.807, 2.05) is 19.1 Å². The van der Waals surface area contributed by atoms with Gasteiger partial charge in [0, 0.05) is 38.7 Å². The lowest BCUT2D eigenvalue weighted by Gasteiger charge is -2.11. The molecule has 0 aliphatic rings. The summed E-state index contributed by atoms with van der Waals surface area (Å²) in [6.07, 6.45) is 2.24. The molecule has 2 aromatic rings. The fourth-order valence-corrected chi connectivity index (χ4v) is 2.56. The first-order valence-corrected chi connectivity index (χ1v) is 7.49. The second-order valence-electron chi connectivity index (χ2n) is 4.40. The summed E-state index contributed by atoms with van der Waals surface area (Å²) >= 11 is 6.86. The van der Waals surface area contributed by atoms with E-state index in [1.165, 1.54) is 0 Å². The van der Waals surface area contributed by atoms with Gasteiger partial charge in [-0.1, -0.05) is 0 Å². The molecule has 19 heavy (non-hydrogen) atoms. The van der Waals surface area contributed by atoms with E-state index in [4.69, 9.17) is 5.11 Å². The minimum absolute atomic E-state index is 0.0543. The Morgan fingerprint density at radius 1 is 1.42 bits per heavy atom. The molecule has 0 fully saturated rings. The van der Waals surface area contributed by atoms with Crippen molar-refractivity contribution in [2.75, 3.05) is 6.61 Å². The van der Waals surface area contributed by atoms with E-state index in [0.29, 0.717) is 12.0 Å². The quantitative estimate of drug-likeness (QED) is 0.751. The molecule has 2 rings (SSSR count). The maximum absolute atomic E-state index is 12.2. The molecule has 1 unspecified atom stereocenters. The van der Waals surface area contributed by atoms with Crippen LogP contribution in [-0.4, -0.2) is 28.6 Å². The summed E-state index contributed by atoms with van der Waals surface area (Å²) in [5, 5.41) is 12.6. The van der Waals surface area contributed by atoms with Crippen molar-refractivity contribution in [1.82, 2.24) is 10.3 Å². The molecular formula is C13H14Br2N2O2. The zero-order chi connectivity index (χ0) is 14.0. The molecule has 4 nitrogen and oxygen atoms in total. The van der Waals surface area contributed by atoms with Crippen molar-refractivity contribution < 1.29 is 9.90 Å². The summed E-state index contributed by atoms with van der Waals surface area (Å²) in [7, 11) is 0. The Labute approximate surface area is 127 Å². The highest BCUT2D eigenvalue weighted by atomic mass is 79.9. The molecule has 1 aromatic heterocycles. The zero-order valence-corrected chi connectivity index (χ0v) is 13.5. The number of rotatable bonds is 4. The first-order chi connectivity index (χ1) is 9.02. The number of aliphatic hydroxyl groups is 1. The summed E-state index contributed by atoms with van der Waals surface area (Å²) in [6.45, 7) is 1.93. The van der Waals surface area contributed by atoms with Gasteiger partial charge in [0.25, 0.3) is 5.91 Å². The first kappa shape index (κ1) is 14.6. The molecule has 0 aliphatic heterocycles. The summed E-state index contributed by atoms with van der Waals surface area (Å²) in [6, 6.07) is 3.77. The minimum atomic E-state index is -0.138. The zero-order valence-electron chi connectivity index (χ0n) is 10.3. The average molecular weight is 390 g/mol. The Morgan fingerprint density at radius 2 is 2.11 bits per heavy atom. The van der Waals surface area contributed by atoms with Crippen LogP contribution in [0.1, 0.15) is 23.7 Å². The number of aliphatic hydroxyl groups excluding tert-OH is 1. The maximum atomic E-state index is 12.2. The second kappa shape index (κ2) is 6.07. The van der Waals surface area contributed by atoms with Gasteiger partial charge in [-0.3, -0.25) is 4.79 Å². The number of H-pyrrole nitrogens is 1. The number of amides is 1. The lowest BCUT2D eigenvalue weighted by atomic mass is 10.1. The lowest BCUT2D eigenvalue weighted by molar-refractivity contribution is 0.0936. The standard InChI is InChI=1S/C13H14Br2N2O2/c1-7(2-3-18)17-13(19)9-6-16-12-5-11(15)10(14)4-8(9)12/h4-7,16,18H,2-3H2,1H3,(H,17,19). The van der Waals surface area contributed by atoms with Crippen LogP contribution in [0.25, 0.3) is 10.9 Å². The van der Waals surface area contributed by atoms with Gasteiger partial charge in [0.05, 0.1) is 5.56 Å². The van der Waals surface area contributed by atoms with Crippen LogP contribution in [0.4, 0.5) is 0 Å². The largest absolute Gasteiger partial charge is 0.396 e. The van der Waals surface area contributed by atoms with Gasteiger partial charge in [-0.05, 0) is 57.3 Å². The van der Waals surface area contributed by atoms with Crippen LogP contribution in [0, 0.1) is 0 Å². The molecule has 0 aliphatic carbocycles. The Morgan fingerprint density at radius 3 is 2.79 bits per heavy atom. The summed E-state index contributed by atoms with van der Waals surface area (Å²) in [4.78, 5) is 15.2. The Bertz CT molecular complexity index is 610. The topological polar surface area (TPSA) is 65.1 Å². The van der Waals surface area contributed by atoms with Crippen molar-refractivity contribution in [3.8, 4) is 0 Å². The number of benzene rings is 1. The van der Waals surface area contributed by atoms with Crippen LogP contribution in [0.5, 0.6) is 0 Å². The first-order valence-electron chi connectivity index (χ1n) is 5.90. The monoisotopic (exact) mass is 388 g/mol. The van der Waals surface area contributed by atoms with E-state index < -0.39 is 0 Å². The van der Waals surface area contributed by atoms with Gasteiger partial charge in [0.15, 0.2) is 0 Å². The number of carbonyl (C=O) groups excluding carboxylic acids is 1. The van der Waals surface area contributed by atoms with Crippen molar-refractivity contribution in [2.45, 2.75) is 19.4 Å². The van der Waals surface area contributed by atoms with Crippen LogP contribution in [0.3, 0.4) is 0 Å². The summed E-state index contributed by atoms with van der Waals surface area (Å²) in [5.74, 6) is -0.138. The number of aromatic amines is 1. The highest BCUT2D eigenvalue weighted by molar-refractivity contribution is 9.13. The molecule has 1 amide bonds. The van der Waals surface area contributed by atoms with Crippen LogP contribution in [0.2, 0.25) is 0 Å². The highest BCUT2D eigenvalue weighted by Crippen LogP contribution is 2.30. The van der Waals surface area contributed by atoms with Crippen LogP contribution >= 0.6 is 31.9 Å². The second-order valence-corrected chi connectivity index (χ2v) is 6.11. The number of fused-ring (bicyclic) bond motifs is 1. The van der Waals surface area contributed by atoms with Gasteiger partial charge in [-0.2, -0.15) is 0 Å². The predicted octanol–water partition coefficient (Wildman–Crippen LogP) is 3.19. The Hall–Kier alpha value is -0.850. The van der Waals surface area contributed by atoms with E-state index in [-0.39, 0.29) is 18.6 Å². The van der Waals surface area contributed by atoms with Crippen LogP contribution in [0.15, 0.2) is 27.3 Å². The van der Waals surface area contributed by atoms with E-state index >= 15 is 0 Å². The minimum Gasteiger partial charge on any atom is -0.396 e. The van der Waals surface area contributed by atoms with E-state index in [1.54, 1.807) is 6.20 Å². The van der Waals surface area contributed by atoms with Crippen molar-refractivity contribution in [1.29, 1.82) is 0 Å². The SMILES string of the molecule is CC(CCO)NC(=O)c1c[nH]c2cc(Br)c(Br)cc12. The third kappa shape index (κ3) is 3.19. The van der Waals surface area contributed by atoms with Crippen molar-refractivity contribution in [2.24, 2.45) is 0 Å². The van der Waals surface area contributed by atoms with Crippen molar-refractivity contribution in [3.05, 3.63) is 32.8 Å². The van der Waals surface area contributed by atoms with Gasteiger partial charge in [-0.15, -0.1) is 0 Å². The Balaban J connectivity index is 2.30. The lowest BCUT2D eigenvalue weighted by Crippen LogP contribution is -2.33. The van der Waals surface area contributed by atoms with Crippen molar-refractivity contribution in [3.63, 3.8) is 0 Å². The third-order valence-electron chi connectivity index (χ3n) is 2.91. The third-order valence-corrected chi connectivity index (χ3v) is 4.75. The van der Waals surface area contributed by atoms with Crippen LogP contribution in [-0.2, 0) is 0 Å². The van der Waals surface area contributed by atoms with E-state index in [2.05, 4.69) is 42.2 Å². The average Bonchev–Trinajstić information content (AvgIpc) is 2.73. The van der Waals surface area contributed by atoms with Crippen LogP contribution < -0.4 is 5.32 Å². The predicted molar refractivity (Wildman–Crippen MR) is 82.3 cm³/mol. The molecule has 102 valence electrons. The number of carbonyl (C=O) groups is 1. The maximum Gasteiger partial charge on any atom is 0.253 e. The fraction of sp³-hybridized carbons (Fsp3) is 0.308. The molecule has 1 heterocycles. The number of halogens is 2. The van der Waals surface area contributed by atoms with Gasteiger partial charge in [-0.25, -0.2) is 0 Å². The van der Waals surface area contributed by atoms with Crippen molar-refractivity contribution >= 4 is 48.7 Å². The number of hydrogen-bond acceptors (Lipinski definition) is 2. The molecular weight excluding hydrogens is 376 g/mol. The van der Waals surface area contributed by atoms with Gasteiger partial charge >= 0.3 is 0 Å². The number of hydrogen-bond donors (Lipinski definition) is 3. The molecule has 0 bridgehead atoms.